The average molecular weight is 288 g/mol. The Morgan fingerprint density at radius 2 is 2.24 bits per heavy atom. The van der Waals surface area contributed by atoms with E-state index in [0.29, 0.717) is 12.5 Å². The first-order chi connectivity index (χ1) is 10.1. The van der Waals surface area contributed by atoms with Crippen molar-refractivity contribution in [2.75, 3.05) is 0 Å². The van der Waals surface area contributed by atoms with Crippen molar-refractivity contribution in [2.24, 2.45) is 0 Å². The van der Waals surface area contributed by atoms with Crippen LogP contribution in [0, 0.1) is 12.7 Å². The van der Waals surface area contributed by atoms with Gasteiger partial charge in [0.1, 0.15) is 17.5 Å². The molecule has 1 aromatic heterocycles. The molecule has 1 aromatic carbocycles. The van der Waals surface area contributed by atoms with E-state index in [1.165, 1.54) is 6.07 Å². The molecular formula is C16H21FN4. The number of aryl methyl sites for hydroxylation is 2. The van der Waals surface area contributed by atoms with Gasteiger partial charge in [0, 0.05) is 18.5 Å². The van der Waals surface area contributed by atoms with Crippen molar-refractivity contribution in [1.82, 2.24) is 20.1 Å². The third-order valence-corrected chi connectivity index (χ3v) is 3.97. The predicted molar refractivity (Wildman–Crippen MR) is 79.6 cm³/mol. The van der Waals surface area contributed by atoms with Crippen molar-refractivity contribution >= 4 is 0 Å². The zero-order chi connectivity index (χ0) is 14.8. The molecule has 0 saturated carbocycles. The molecule has 3 rings (SSSR count). The Bertz CT molecular complexity index is 622. The minimum Gasteiger partial charge on any atom is -0.309 e. The molecule has 2 aromatic rings. The predicted octanol–water partition coefficient (Wildman–Crippen LogP) is 2.26. The molecule has 0 radical (unpaired) electrons. The Labute approximate surface area is 124 Å². The van der Waals surface area contributed by atoms with Crippen molar-refractivity contribution in [3.63, 3.8) is 0 Å². The largest absolute Gasteiger partial charge is 0.309 e. The lowest BCUT2D eigenvalue weighted by Gasteiger charge is -2.27. The van der Waals surface area contributed by atoms with Crippen molar-refractivity contribution in [3.8, 4) is 0 Å². The number of rotatable bonds is 4. The van der Waals surface area contributed by atoms with Crippen molar-refractivity contribution in [2.45, 2.75) is 51.7 Å². The molecule has 0 unspecified atom stereocenters. The number of nitrogens with one attached hydrogen (secondary N) is 1. The molecular weight excluding hydrogens is 267 g/mol. The highest BCUT2D eigenvalue weighted by Crippen LogP contribution is 2.15. The van der Waals surface area contributed by atoms with E-state index in [-0.39, 0.29) is 11.9 Å². The summed E-state index contributed by atoms with van der Waals surface area (Å²) in [7, 11) is 0. The van der Waals surface area contributed by atoms with Gasteiger partial charge in [0.25, 0.3) is 0 Å². The molecule has 0 fully saturated rings. The van der Waals surface area contributed by atoms with Crippen LogP contribution in [-0.4, -0.2) is 26.8 Å². The van der Waals surface area contributed by atoms with Gasteiger partial charge < -0.3 is 5.32 Å². The Hall–Kier alpha value is -1.75. The quantitative estimate of drug-likeness (QED) is 0.938. The molecule has 0 saturated heterocycles. The summed E-state index contributed by atoms with van der Waals surface area (Å²) in [4.78, 5) is 4.42. The second kappa shape index (κ2) is 5.93. The molecule has 21 heavy (non-hydrogen) atoms. The summed E-state index contributed by atoms with van der Waals surface area (Å²) in [6, 6.07) is 7.60. The van der Waals surface area contributed by atoms with Crippen LogP contribution in [0.1, 0.15) is 30.6 Å². The van der Waals surface area contributed by atoms with Crippen LogP contribution in [0.15, 0.2) is 24.3 Å². The first kappa shape index (κ1) is 14.2. The van der Waals surface area contributed by atoms with E-state index < -0.39 is 0 Å². The molecule has 0 amide bonds. The van der Waals surface area contributed by atoms with Gasteiger partial charge in [-0.25, -0.2) is 14.1 Å². The Morgan fingerprint density at radius 1 is 1.43 bits per heavy atom. The van der Waals surface area contributed by atoms with Gasteiger partial charge in [-0.1, -0.05) is 18.2 Å². The van der Waals surface area contributed by atoms with E-state index in [0.717, 1.165) is 36.6 Å². The molecule has 112 valence electrons. The highest BCUT2D eigenvalue weighted by atomic mass is 19.1. The smallest absolute Gasteiger partial charge is 0.147 e. The maximum absolute atomic E-state index is 13.7. The number of nitrogens with zero attached hydrogens (tertiary/aromatic N) is 3. The van der Waals surface area contributed by atoms with E-state index in [9.17, 15) is 4.39 Å². The summed E-state index contributed by atoms with van der Waals surface area (Å²) in [6.45, 7) is 4.88. The number of benzene rings is 1. The van der Waals surface area contributed by atoms with Crippen molar-refractivity contribution < 1.29 is 4.39 Å². The van der Waals surface area contributed by atoms with Gasteiger partial charge >= 0.3 is 0 Å². The fourth-order valence-electron chi connectivity index (χ4n) is 3.02. The number of aromatic nitrogens is 3. The van der Waals surface area contributed by atoms with Crippen LogP contribution in [0.4, 0.5) is 4.39 Å². The average Bonchev–Trinajstić information content (AvgIpc) is 2.80. The van der Waals surface area contributed by atoms with Gasteiger partial charge in [0.05, 0.1) is 6.54 Å². The zero-order valence-electron chi connectivity index (χ0n) is 12.5. The van der Waals surface area contributed by atoms with E-state index in [4.69, 9.17) is 0 Å². The van der Waals surface area contributed by atoms with Crippen molar-refractivity contribution in [3.05, 3.63) is 47.3 Å². The van der Waals surface area contributed by atoms with E-state index in [2.05, 4.69) is 22.3 Å². The fourth-order valence-corrected chi connectivity index (χ4v) is 3.02. The van der Waals surface area contributed by atoms with Crippen LogP contribution in [0.2, 0.25) is 0 Å². The minimum absolute atomic E-state index is 0.121. The molecule has 2 atom stereocenters. The van der Waals surface area contributed by atoms with Gasteiger partial charge in [-0.15, -0.1) is 0 Å². The summed E-state index contributed by atoms with van der Waals surface area (Å²) < 4.78 is 15.7. The van der Waals surface area contributed by atoms with Crippen LogP contribution < -0.4 is 5.32 Å². The fraction of sp³-hybridized carbons (Fsp3) is 0.500. The lowest BCUT2D eigenvalue weighted by molar-refractivity contribution is 0.330. The van der Waals surface area contributed by atoms with Crippen LogP contribution in [0.5, 0.6) is 0 Å². The number of fused-ring (bicyclic) bond motifs is 1. The molecule has 1 N–H and O–H groups in total. The number of hydrogen-bond acceptors (Lipinski definition) is 3. The topological polar surface area (TPSA) is 42.7 Å². The highest BCUT2D eigenvalue weighted by molar-refractivity contribution is 5.18. The van der Waals surface area contributed by atoms with Gasteiger partial charge in [0.2, 0.25) is 0 Å². The maximum Gasteiger partial charge on any atom is 0.147 e. The molecule has 0 spiro atoms. The molecule has 5 heteroatoms. The van der Waals surface area contributed by atoms with Gasteiger partial charge in [0.15, 0.2) is 0 Å². The van der Waals surface area contributed by atoms with E-state index >= 15 is 0 Å². The first-order valence-corrected chi connectivity index (χ1v) is 7.51. The Balaban J connectivity index is 1.59. The molecule has 0 aliphatic carbocycles. The first-order valence-electron chi connectivity index (χ1n) is 7.51. The monoisotopic (exact) mass is 288 g/mol. The van der Waals surface area contributed by atoms with Gasteiger partial charge in [-0.05, 0) is 38.3 Å². The molecule has 4 nitrogen and oxygen atoms in total. The summed E-state index contributed by atoms with van der Waals surface area (Å²) in [5.74, 6) is 1.79. The lowest BCUT2D eigenvalue weighted by Crippen LogP contribution is -2.43. The van der Waals surface area contributed by atoms with E-state index in [1.807, 2.05) is 23.7 Å². The zero-order valence-corrected chi connectivity index (χ0v) is 12.5. The molecule has 2 heterocycles. The molecule has 1 aliphatic heterocycles. The summed E-state index contributed by atoms with van der Waals surface area (Å²) in [6.07, 6.45) is 2.71. The van der Waals surface area contributed by atoms with Crippen LogP contribution in [0.3, 0.4) is 0 Å². The standard InChI is InChI=1S/C16H21FN4/c1-11(9-13-5-3-4-6-15(13)17)18-14-7-8-16-19-12(2)20-21(16)10-14/h3-6,11,14,18H,7-10H2,1-2H3/t11-,14-/m0/s1. The summed E-state index contributed by atoms with van der Waals surface area (Å²) in [5, 5.41) is 8.00. The molecule has 1 aliphatic rings. The van der Waals surface area contributed by atoms with Crippen LogP contribution >= 0.6 is 0 Å². The van der Waals surface area contributed by atoms with Crippen LogP contribution in [-0.2, 0) is 19.4 Å². The van der Waals surface area contributed by atoms with Gasteiger partial charge in [-0.3, -0.25) is 0 Å². The van der Waals surface area contributed by atoms with Crippen LogP contribution in [0.25, 0.3) is 0 Å². The summed E-state index contributed by atoms with van der Waals surface area (Å²) in [5.41, 5.74) is 0.769. The van der Waals surface area contributed by atoms with Gasteiger partial charge in [-0.2, -0.15) is 5.10 Å². The Morgan fingerprint density at radius 3 is 3.05 bits per heavy atom. The minimum atomic E-state index is -0.121. The second-order valence-corrected chi connectivity index (χ2v) is 5.86. The maximum atomic E-state index is 13.7. The third kappa shape index (κ3) is 3.29. The third-order valence-electron chi connectivity index (χ3n) is 3.97. The summed E-state index contributed by atoms with van der Waals surface area (Å²) >= 11 is 0. The SMILES string of the molecule is Cc1nc2n(n1)C[C@@H](N[C@@H](C)Cc1ccccc1F)CC2. The number of halogens is 1. The molecule has 0 bridgehead atoms. The lowest BCUT2D eigenvalue weighted by atomic mass is 10.0. The van der Waals surface area contributed by atoms with Crippen molar-refractivity contribution in [1.29, 1.82) is 0 Å². The Kier molecular flexibility index (Phi) is 4.01. The highest BCUT2D eigenvalue weighted by Gasteiger charge is 2.22. The number of hydrogen-bond donors (Lipinski definition) is 1. The normalized spacial score (nSPS) is 19.3. The van der Waals surface area contributed by atoms with E-state index in [1.54, 1.807) is 6.07 Å². The second-order valence-electron chi connectivity index (χ2n) is 5.86.